The Hall–Kier alpha value is -2.06. The first-order chi connectivity index (χ1) is 12.6. The lowest BCUT2D eigenvalue weighted by Crippen LogP contribution is -2.41. The Bertz CT molecular complexity index is 930. The summed E-state index contributed by atoms with van der Waals surface area (Å²) in [7, 11) is 1.65. The molecular weight excluding hydrogens is 420 g/mol. The van der Waals surface area contributed by atoms with Crippen molar-refractivity contribution in [3.05, 3.63) is 40.8 Å². The van der Waals surface area contributed by atoms with Gasteiger partial charge in [-0.1, -0.05) is 11.3 Å². The lowest BCUT2D eigenvalue weighted by atomic mass is 10.1. The second-order valence-corrected chi connectivity index (χ2v) is 7.80. The lowest BCUT2D eigenvalue weighted by molar-refractivity contribution is 0.0565. The van der Waals surface area contributed by atoms with Crippen molar-refractivity contribution in [2.75, 3.05) is 20.2 Å². The van der Waals surface area contributed by atoms with Crippen molar-refractivity contribution in [1.29, 1.82) is 0 Å². The van der Waals surface area contributed by atoms with Gasteiger partial charge in [0.05, 0.1) is 17.3 Å². The molecule has 1 aromatic carbocycles. The van der Waals surface area contributed by atoms with Gasteiger partial charge in [-0.05, 0) is 46.3 Å². The van der Waals surface area contributed by atoms with Gasteiger partial charge in [-0.15, -0.1) is 0 Å². The van der Waals surface area contributed by atoms with Crippen LogP contribution in [0.1, 0.15) is 23.4 Å². The first-order valence-electron chi connectivity index (χ1n) is 8.28. The van der Waals surface area contributed by atoms with E-state index in [0.717, 1.165) is 28.8 Å². The van der Waals surface area contributed by atoms with E-state index in [4.69, 9.17) is 13.9 Å². The molecule has 26 heavy (non-hydrogen) atoms. The monoisotopic (exact) mass is 436 g/mol. The van der Waals surface area contributed by atoms with Gasteiger partial charge in [-0.3, -0.25) is 4.79 Å². The summed E-state index contributed by atoms with van der Waals surface area (Å²) < 4.78 is 18.2. The standard InChI is InChI=1S/C18H17BrN2O4S/c1-23-12-2-3-13-15(10-12)26-18(20-13)24-11-6-8-21(9-7-11)17(22)14-4-5-16(19)25-14/h2-5,10-11H,6-9H2,1H3. The Kier molecular flexibility index (Phi) is 4.86. The number of fused-ring (bicyclic) bond motifs is 1. The van der Waals surface area contributed by atoms with Gasteiger partial charge in [-0.25, -0.2) is 4.98 Å². The van der Waals surface area contributed by atoms with Crippen molar-refractivity contribution in [2.24, 2.45) is 0 Å². The third-order valence-corrected chi connectivity index (χ3v) is 5.69. The van der Waals surface area contributed by atoms with Gasteiger partial charge < -0.3 is 18.8 Å². The molecule has 0 saturated carbocycles. The Morgan fingerprint density at radius 3 is 2.81 bits per heavy atom. The summed E-state index contributed by atoms with van der Waals surface area (Å²) >= 11 is 4.74. The summed E-state index contributed by atoms with van der Waals surface area (Å²) in [5.41, 5.74) is 0.904. The number of methoxy groups -OCH3 is 1. The maximum atomic E-state index is 12.4. The second-order valence-electron chi connectivity index (χ2n) is 6.03. The van der Waals surface area contributed by atoms with Gasteiger partial charge in [0.25, 0.3) is 11.1 Å². The molecule has 0 atom stereocenters. The Morgan fingerprint density at radius 1 is 1.31 bits per heavy atom. The van der Waals surface area contributed by atoms with Crippen LogP contribution in [0.25, 0.3) is 10.2 Å². The molecule has 1 fully saturated rings. The van der Waals surface area contributed by atoms with Crippen molar-refractivity contribution < 1.29 is 18.7 Å². The fourth-order valence-corrected chi connectivity index (χ4v) is 4.18. The van der Waals surface area contributed by atoms with Gasteiger partial charge in [0, 0.05) is 25.9 Å². The molecule has 2 aromatic heterocycles. The van der Waals surface area contributed by atoms with E-state index in [2.05, 4.69) is 20.9 Å². The van der Waals surface area contributed by atoms with Gasteiger partial charge >= 0.3 is 0 Å². The number of ether oxygens (including phenoxy) is 2. The van der Waals surface area contributed by atoms with E-state index in [1.807, 2.05) is 18.2 Å². The number of piperidine rings is 1. The van der Waals surface area contributed by atoms with Crippen LogP contribution in [0.2, 0.25) is 0 Å². The molecule has 136 valence electrons. The second kappa shape index (κ2) is 7.28. The highest BCUT2D eigenvalue weighted by molar-refractivity contribution is 9.10. The first kappa shape index (κ1) is 17.4. The number of likely N-dealkylation sites (tertiary alicyclic amines) is 1. The summed E-state index contributed by atoms with van der Waals surface area (Å²) in [6.07, 6.45) is 1.60. The molecule has 0 unspecified atom stereocenters. The van der Waals surface area contributed by atoms with Crippen LogP contribution in [0.3, 0.4) is 0 Å². The SMILES string of the molecule is COc1ccc2nc(OC3CCN(C(=O)c4ccc(Br)o4)CC3)sc2c1. The van der Waals surface area contributed by atoms with Crippen LogP contribution in [0.15, 0.2) is 39.4 Å². The average Bonchev–Trinajstić information content (AvgIpc) is 3.26. The van der Waals surface area contributed by atoms with E-state index in [0.29, 0.717) is 28.7 Å². The molecular formula is C18H17BrN2O4S. The molecule has 1 saturated heterocycles. The van der Waals surface area contributed by atoms with Crippen molar-refractivity contribution in [1.82, 2.24) is 9.88 Å². The number of halogens is 1. The van der Waals surface area contributed by atoms with Crippen LogP contribution in [-0.2, 0) is 0 Å². The summed E-state index contributed by atoms with van der Waals surface area (Å²) in [5, 5.41) is 0.660. The zero-order chi connectivity index (χ0) is 18.1. The number of nitrogens with zero attached hydrogens (tertiary/aromatic N) is 2. The topological polar surface area (TPSA) is 64.8 Å². The molecule has 4 rings (SSSR count). The van der Waals surface area contributed by atoms with Gasteiger partial charge in [0.1, 0.15) is 11.9 Å². The quantitative estimate of drug-likeness (QED) is 0.608. The molecule has 0 N–H and O–H groups in total. The molecule has 1 amide bonds. The van der Waals surface area contributed by atoms with Gasteiger partial charge in [0.2, 0.25) is 0 Å². The Balaban J connectivity index is 1.37. The van der Waals surface area contributed by atoms with Crippen LogP contribution in [0.5, 0.6) is 10.9 Å². The summed E-state index contributed by atoms with van der Waals surface area (Å²) in [5.74, 6) is 1.08. The van der Waals surface area contributed by atoms with Crippen LogP contribution in [-0.4, -0.2) is 42.1 Å². The number of carbonyl (C=O) groups is 1. The number of benzene rings is 1. The van der Waals surface area contributed by atoms with Crippen LogP contribution >= 0.6 is 27.3 Å². The predicted molar refractivity (Wildman–Crippen MR) is 102 cm³/mol. The summed E-state index contributed by atoms with van der Waals surface area (Å²) in [6.45, 7) is 1.28. The molecule has 1 aliphatic heterocycles. The van der Waals surface area contributed by atoms with Crippen molar-refractivity contribution >= 4 is 43.4 Å². The third kappa shape index (κ3) is 3.57. The molecule has 0 aliphatic carbocycles. The highest BCUT2D eigenvalue weighted by Crippen LogP contribution is 2.32. The van der Waals surface area contributed by atoms with E-state index < -0.39 is 0 Å². The van der Waals surface area contributed by atoms with Crippen molar-refractivity contribution in [3.8, 4) is 10.9 Å². The van der Waals surface area contributed by atoms with E-state index in [1.165, 1.54) is 11.3 Å². The summed E-state index contributed by atoms with van der Waals surface area (Å²) in [4.78, 5) is 18.7. The average molecular weight is 437 g/mol. The Morgan fingerprint density at radius 2 is 2.12 bits per heavy atom. The zero-order valence-electron chi connectivity index (χ0n) is 14.1. The van der Waals surface area contributed by atoms with E-state index in [-0.39, 0.29) is 12.0 Å². The normalized spacial score (nSPS) is 15.4. The molecule has 3 heterocycles. The highest BCUT2D eigenvalue weighted by Gasteiger charge is 2.27. The third-order valence-electron chi connectivity index (χ3n) is 4.36. The van der Waals surface area contributed by atoms with E-state index in [1.54, 1.807) is 24.1 Å². The number of thiazole rings is 1. The maximum absolute atomic E-state index is 12.4. The van der Waals surface area contributed by atoms with E-state index >= 15 is 0 Å². The lowest BCUT2D eigenvalue weighted by Gasteiger charge is -2.31. The number of furan rings is 1. The molecule has 3 aromatic rings. The number of hydrogen-bond donors (Lipinski definition) is 0. The zero-order valence-corrected chi connectivity index (χ0v) is 16.5. The Labute approximate surface area is 162 Å². The largest absolute Gasteiger partial charge is 0.497 e. The highest BCUT2D eigenvalue weighted by atomic mass is 79.9. The molecule has 8 heteroatoms. The van der Waals surface area contributed by atoms with Gasteiger partial charge in [-0.2, -0.15) is 0 Å². The molecule has 0 spiro atoms. The molecule has 1 aliphatic rings. The number of aromatic nitrogens is 1. The minimum atomic E-state index is -0.0822. The van der Waals surface area contributed by atoms with Crippen LogP contribution < -0.4 is 9.47 Å². The number of carbonyl (C=O) groups excluding carboxylic acids is 1. The number of hydrogen-bond acceptors (Lipinski definition) is 6. The molecule has 0 bridgehead atoms. The summed E-state index contributed by atoms with van der Waals surface area (Å²) in [6, 6.07) is 9.20. The molecule has 0 radical (unpaired) electrons. The van der Waals surface area contributed by atoms with Crippen LogP contribution in [0, 0.1) is 0 Å². The minimum absolute atomic E-state index is 0.0600. The first-order valence-corrected chi connectivity index (χ1v) is 9.89. The van der Waals surface area contributed by atoms with E-state index in [9.17, 15) is 4.79 Å². The van der Waals surface area contributed by atoms with Crippen molar-refractivity contribution in [3.63, 3.8) is 0 Å². The fourth-order valence-electron chi connectivity index (χ4n) is 2.97. The van der Waals surface area contributed by atoms with Gasteiger partial charge in [0.15, 0.2) is 10.4 Å². The smallest absolute Gasteiger partial charge is 0.289 e. The number of amides is 1. The molecule has 6 nitrogen and oxygen atoms in total. The van der Waals surface area contributed by atoms with Crippen LogP contribution in [0.4, 0.5) is 0 Å². The number of rotatable bonds is 4. The maximum Gasteiger partial charge on any atom is 0.289 e. The van der Waals surface area contributed by atoms with Crippen molar-refractivity contribution in [2.45, 2.75) is 18.9 Å². The predicted octanol–water partition coefficient (Wildman–Crippen LogP) is 4.34. The minimum Gasteiger partial charge on any atom is -0.497 e. The fraction of sp³-hybridized carbons (Fsp3) is 0.333.